The smallest absolute Gasteiger partial charge is 0.314 e. The molecule has 156 valence electrons. The first-order chi connectivity index (χ1) is 13.2. The Hall–Kier alpha value is -1.32. The molecule has 2 atom stereocenters. The summed E-state index contributed by atoms with van der Waals surface area (Å²) in [6.45, 7) is 2.25. The SMILES string of the molecule is CCCCCCCCCCCCC/C=C/OC(=O)C1CCCCC1C(=O)O. The summed E-state index contributed by atoms with van der Waals surface area (Å²) < 4.78 is 5.18. The maximum Gasteiger partial charge on any atom is 0.314 e. The molecule has 4 heteroatoms. The summed E-state index contributed by atoms with van der Waals surface area (Å²) >= 11 is 0. The van der Waals surface area contributed by atoms with Crippen molar-refractivity contribution in [1.82, 2.24) is 0 Å². The number of hydrogen-bond donors (Lipinski definition) is 1. The Morgan fingerprint density at radius 1 is 0.852 bits per heavy atom. The number of carboxylic acids is 1. The molecule has 4 nitrogen and oxygen atoms in total. The quantitative estimate of drug-likeness (QED) is 0.197. The zero-order valence-electron chi connectivity index (χ0n) is 17.3. The number of aliphatic carboxylic acids is 1. The van der Waals surface area contributed by atoms with E-state index >= 15 is 0 Å². The monoisotopic (exact) mass is 380 g/mol. The van der Waals surface area contributed by atoms with Crippen molar-refractivity contribution in [2.24, 2.45) is 11.8 Å². The zero-order valence-corrected chi connectivity index (χ0v) is 17.3. The van der Waals surface area contributed by atoms with Gasteiger partial charge < -0.3 is 9.84 Å². The normalized spacial score (nSPS) is 20.0. The largest absolute Gasteiger partial charge is 0.481 e. The third-order valence-corrected chi connectivity index (χ3v) is 5.64. The van der Waals surface area contributed by atoms with Gasteiger partial charge in [-0.05, 0) is 31.8 Å². The van der Waals surface area contributed by atoms with Gasteiger partial charge in [0.25, 0.3) is 0 Å². The van der Waals surface area contributed by atoms with Crippen LogP contribution in [0.4, 0.5) is 0 Å². The molecule has 0 bridgehead atoms. The predicted octanol–water partition coefficient (Wildman–Crippen LogP) is 6.64. The van der Waals surface area contributed by atoms with E-state index in [9.17, 15) is 14.7 Å². The van der Waals surface area contributed by atoms with Gasteiger partial charge in [0.2, 0.25) is 0 Å². The maximum absolute atomic E-state index is 12.1. The minimum absolute atomic E-state index is 0.378. The van der Waals surface area contributed by atoms with Crippen molar-refractivity contribution in [1.29, 1.82) is 0 Å². The van der Waals surface area contributed by atoms with E-state index in [1.165, 1.54) is 70.5 Å². The fourth-order valence-electron chi connectivity index (χ4n) is 3.91. The first-order valence-corrected chi connectivity index (χ1v) is 11.2. The van der Waals surface area contributed by atoms with E-state index in [2.05, 4.69) is 6.92 Å². The van der Waals surface area contributed by atoms with Gasteiger partial charge in [-0.25, -0.2) is 0 Å². The van der Waals surface area contributed by atoms with Crippen LogP contribution in [0.25, 0.3) is 0 Å². The number of carbonyl (C=O) groups is 2. The van der Waals surface area contributed by atoms with Crippen LogP contribution in [0.15, 0.2) is 12.3 Å². The molecule has 1 aliphatic rings. The Labute approximate surface area is 165 Å². The second kappa shape index (κ2) is 15.7. The molecule has 1 saturated carbocycles. The summed E-state index contributed by atoms with van der Waals surface area (Å²) in [5.74, 6) is -2.31. The highest BCUT2D eigenvalue weighted by Gasteiger charge is 2.36. The fraction of sp³-hybridized carbons (Fsp3) is 0.826. The van der Waals surface area contributed by atoms with Crippen molar-refractivity contribution >= 4 is 11.9 Å². The lowest BCUT2D eigenvalue weighted by Gasteiger charge is -2.25. The van der Waals surface area contributed by atoms with Crippen LogP contribution < -0.4 is 0 Å². The van der Waals surface area contributed by atoms with Crippen molar-refractivity contribution in [3.05, 3.63) is 12.3 Å². The van der Waals surface area contributed by atoms with Crippen LogP contribution in [-0.4, -0.2) is 17.0 Å². The number of carbonyl (C=O) groups excluding carboxylic acids is 1. The molecule has 1 rings (SSSR count). The van der Waals surface area contributed by atoms with Crippen LogP contribution in [-0.2, 0) is 14.3 Å². The highest BCUT2D eigenvalue weighted by atomic mass is 16.5. The van der Waals surface area contributed by atoms with Gasteiger partial charge in [-0.15, -0.1) is 0 Å². The Morgan fingerprint density at radius 2 is 1.37 bits per heavy atom. The van der Waals surface area contributed by atoms with Gasteiger partial charge in [0, 0.05) is 0 Å². The number of unbranched alkanes of at least 4 members (excludes halogenated alkanes) is 11. The number of rotatable bonds is 15. The van der Waals surface area contributed by atoms with E-state index in [-0.39, 0.29) is 5.97 Å². The molecule has 27 heavy (non-hydrogen) atoms. The molecule has 0 heterocycles. The van der Waals surface area contributed by atoms with E-state index in [1.54, 1.807) is 0 Å². The van der Waals surface area contributed by atoms with E-state index in [0.29, 0.717) is 12.8 Å². The lowest BCUT2D eigenvalue weighted by molar-refractivity contribution is -0.156. The Kier molecular flexibility index (Phi) is 13.8. The minimum Gasteiger partial charge on any atom is -0.481 e. The van der Waals surface area contributed by atoms with E-state index in [0.717, 1.165) is 25.7 Å². The van der Waals surface area contributed by atoms with Crippen molar-refractivity contribution in [3.63, 3.8) is 0 Å². The van der Waals surface area contributed by atoms with Crippen LogP contribution in [0.3, 0.4) is 0 Å². The van der Waals surface area contributed by atoms with Crippen LogP contribution in [0, 0.1) is 11.8 Å². The summed E-state index contributed by atoms with van der Waals surface area (Å²) in [4.78, 5) is 23.3. The van der Waals surface area contributed by atoms with Crippen LogP contribution in [0.1, 0.15) is 110 Å². The van der Waals surface area contributed by atoms with Gasteiger partial charge >= 0.3 is 11.9 Å². The Morgan fingerprint density at radius 3 is 1.93 bits per heavy atom. The highest BCUT2D eigenvalue weighted by molar-refractivity contribution is 5.81. The lowest BCUT2D eigenvalue weighted by atomic mass is 9.79. The summed E-state index contributed by atoms with van der Waals surface area (Å²) in [5, 5.41) is 9.23. The zero-order chi connectivity index (χ0) is 19.7. The summed E-state index contributed by atoms with van der Waals surface area (Å²) in [5.41, 5.74) is 0. The molecule has 1 fully saturated rings. The molecular weight excluding hydrogens is 340 g/mol. The van der Waals surface area contributed by atoms with Gasteiger partial charge in [-0.1, -0.05) is 84.0 Å². The molecule has 0 aromatic heterocycles. The number of carboxylic acid groups (broad SMARTS) is 1. The standard InChI is InChI=1S/C23H40O4/c1-2-3-4-5-6-7-8-9-10-11-12-13-16-19-27-23(26)21-18-15-14-17-20(21)22(24)25/h16,19-21H,2-15,17-18H2,1H3,(H,24,25)/b19-16+. The summed E-state index contributed by atoms with van der Waals surface area (Å²) in [7, 11) is 0. The Balaban J connectivity index is 1.98. The van der Waals surface area contributed by atoms with Crippen molar-refractivity contribution in [2.45, 2.75) is 110 Å². The molecule has 0 aromatic rings. The molecule has 0 amide bonds. The lowest BCUT2D eigenvalue weighted by Crippen LogP contribution is -2.33. The van der Waals surface area contributed by atoms with Crippen LogP contribution >= 0.6 is 0 Å². The van der Waals surface area contributed by atoms with Crippen molar-refractivity contribution in [2.75, 3.05) is 0 Å². The van der Waals surface area contributed by atoms with Crippen molar-refractivity contribution in [3.8, 4) is 0 Å². The molecule has 1 aliphatic carbocycles. The third kappa shape index (κ3) is 11.2. The van der Waals surface area contributed by atoms with E-state index in [1.807, 2.05) is 6.08 Å². The summed E-state index contributed by atoms with van der Waals surface area (Å²) in [6, 6.07) is 0. The maximum atomic E-state index is 12.1. The van der Waals surface area contributed by atoms with Gasteiger partial charge in [-0.2, -0.15) is 0 Å². The van der Waals surface area contributed by atoms with Gasteiger partial charge in [0.15, 0.2) is 0 Å². The summed E-state index contributed by atoms with van der Waals surface area (Å²) in [6.07, 6.45) is 21.8. The third-order valence-electron chi connectivity index (χ3n) is 5.64. The number of esters is 1. The number of hydrogen-bond acceptors (Lipinski definition) is 3. The van der Waals surface area contributed by atoms with Crippen molar-refractivity contribution < 1.29 is 19.4 Å². The number of allylic oxidation sites excluding steroid dienone is 1. The molecule has 0 aliphatic heterocycles. The second-order valence-electron chi connectivity index (χ2n) is 7.97. The number of ether oxygens (including phenoxy) is 1. The topological polar surface area (TPSA) is 63.6 Å². The van der Waals surface area contributed by atoms with E-state index < -0.39 is 17.8 Å². The molecule has 0 aromatic carbocycles. The Bertz CT molecular complexity index is 430. The van der Waals surface area contributed by atoms with Crippen LogP contribution in [0.2, 0.25) is 0 Å². The molecular formula is C23H40O4. The fourth-order valence-corrected chi connectivity index (χ4v) is 3.91. The molecule has 0 saturated heterocycles. The predicted molar refractivity (Wildman–Crippen MR) is 109 cm³/mol. The van der Waals surface area contributed by atoms with Gasteiger partial charge in [0.1, 0.15) is 0 Å². The first kappa shape index (κ1) is 23.7. The van der Waals surface area contributed by atoms with E-state index in [4.69, 9.17) is 4.74 Å². The van der Waals surface area contributed by atoms with Crippen LogP contribution in [0.5, 0.6) is 0 Å². The highest BCUT2D eigenvalue weighted by Crippen LogP contribution is 2.31. The van der Waals surface area contributed by atoms with Gasteiger partial charge in [0.05, 0.1) is 18.1 Å². The first-order valence-electron chi connectivity index (χ1n) is 11.2. The van der Waals surface area contributed by atoms with Gasteiger partial charge in [-0.3, -0.25) is 9.59 Å². The minimum atomic E-state index is -0.874. The molecule has 1 N–H and O–H groups in total. The second-order valence-corrected chi connectivity index (χ2v) is 7.97. The average molecular weight is 381 g/mol. The molecule has 0 radical (unpaired) electrons. The molecule has 0 spiro atoms. The molecule has 2 unspecified atom stereocenters. The average Bonchev–Trinajstić information content (AvgIpc) is 2.68.